The summed E-state index contributed by atoms with van der Waals surface area (Å²) in [6, 6.07) is -1.27. The predicted molar refractivity (Wildman–Crippen MR) is 58.4 cm³/mol. The molecule has 0 saturated heterocycles. The topological polar surface area (TPSA) is 55.4 Å². The van der Waals surface area contributed by atoms with Crippen LogP contribution in [-0.4, -0.2) is 25.0 Å². The van der Waals surface area contributed by atoms with Crippen molar-refractivity contribution in [3.63, 3.8) is 0 Å². The van der Waals surface area contributed by atoms with E-state index in [0.717, 1.165) is 19.3 Å². The number of carbonyl (C=O) groups excluding carboxylic acids is 2. The molecule has 0 spiro atoms. The lowest BCUT2D eigenvalue weighted by atomic mass is 10.1. The Labute approximate surface area is 99.8 Å². The maximum Gasteiger partial charge on any atom is 0.328 e. The molecular weight excluding hydrogens is 194 g/mol. The molecule has 88 valence electrons. The fourth-order valence-corrected chi connectivity index (χ4v) is 1.25. The van der Waals surface area contributed by atoms with Gasteiger partial charge in [0.05, 0.1) is 11.2 Å². The first kappa shape index (κ1) is 6.51. The number of hydrogen-bond donors (Lipinski definition) is 1. The molecule has 0 aromatic carbocycles. The maximum absolute atomic E-state index is 11.7. The molecule has 0 aliphatic heterocycles. The Bertz CT molecular complexity index is 353. The molecule has 0 aliphatic rings. The van der Waals surface area contributed by atoms with Gasteiger partial charge >= 0.3 is 5.97 Å². The molecule has 0 aliphatic carbocycles. The van der Waals surface area contributed by atoms with Crippen molar-refractivity contribution in [3.05, 3.63) is 0 Å². The van der Waals surface area contributed by atoms with Crippen LogP contribution < -0.4 is 5.32 Å². The summed E-state index contributed by atoms with van der Waals surface area (Å²) < 4.78 is 45.7. The van der Waals surface area contributed by atoms with E-state index in [4.69, 9.17) is 8.22 Å². The van der Waals surface area contributed by atoms with Crippen LogP contribution in [0.4, 0.5) is 0 Å². The number of esters is 1. The van der Waals surface area contributed by atoms with Crippen LogP contribution in [-0.2, 0) is 14.3 Å². The lowest BCUT2D eigenvalue weighted by Gasteiger charge is -2.14. The van der Waals surface area contributed by atoms with Gasteiger partial charge in [-0.1, -0.05) is 32.6 Å². The van der Waals surface area contributed by atoms with Crippen molar-refractivity contribution in [2.45, 2.75) is 51.9 Å². The molecule has 4 nitrogen and oxygen atoms in total. The number of methoxy groups -OCH3 is 1. The van der Waals surface area contributed by atoms with E-state index in [9.17, 15) is 9.59 Å². The summed E-state index contributed by atoms with van der Waals surface area (Å²) >= 11 is 0. The van der Waals surface area contributed by atoms with Gasteiger partial charge < -0.3 is 10.1 Å². The van der Waals surface area contributed by atoms with Gasteiger partial charge in [-0.2, -0.15) is 0 Å². The molecule has 0 saturated carbocycles. The highest BCUT2D eigenvalue weighted by molar-refractivity contribution is 5.83. The molecule has 0 unspecified atom stereocenters. The second-order valence-electron chi connectivity index (χ2n) is 3.30. The van der Waals surface area contributed by atoms with Gasteiger partial charge in [-0.05, 0) is 6.42 Å². The SMILES string of the molecule is [2H]C([2H])([2H])OC(=O)[C@@H](CCCCCC)NC(=O)C([2H])([2H])[2H]. The van der Waals surface area contributed by atoms with Gasteiger partial charge in [0.1, 0.15) is 6.04 Å². The molecule has 1 amide bonds. The lowest BCUT2D eigenvalue weighted by Crippen LogP contribution is -2.40. The molecule has 0 bridgehead atoms. The first-order chi connectivity index (χ1) is 9.47. The first-order valence-electron chi connectivity index (χ1n) is 8.01. The van der Waals surface area contributed by atoms with Gasteiger partial charge in [-0.3, -0.25) is 4.79 Å². The summed E-state index contributed by atoms with van der Waals surface area (Å²) in [6.07, 6.45) is 3.37. The largest absolute Gasteiger partial charge is 0.467 e. The van der Waals surface area contributed by atoms with Crippen molar-refractivity contribution in [2.24, 2.45) is 0 Å². The van der Waals surface area contributed by atoms with E-state index in [0.29, 0.717) is 6.42 Å². The predicted octanol–water partition coefficient (Wildman–Crippen LogP) is 1.63. The fraction of sp³-hybridized carbons (Fsp3) is 0.818. The van der Waals surface area contributed by atoms with Gasteiger partial charge in [0.25, 0.3) is 0 Å². The Morgan fingerprint density at radius 1 is 1.40 bits per heavy atom. The quantitative estimate of drug-likeness (QED) is 0.525. The van der Waals surface area contributed by atoms with Crippen LogP contribution in [0.25, 0.3) is 0 Å². The van der Waals surface area contributed by atoms with Crippen LogP contribution in [0.5, 0.6) is 0 Å². The van der Waals surface area contributed by atoms with E-state index in [1.54, 1.807) is 0 Å². The molecule has 1 N–H and O–H groups in total. The zero-order valence-corrected chi connectivity index (χ0v) is 8.84. The summed E-state index contributed by atoms with van der Waals surface area (Å²) in [7, 11) is -2.93. The van der Waals surface area contributed by atoms with Crippen molar-refractivity contribution in [3.8, 4) is 0 Å². The number of unbranched alkanes of at least 4 members (excludes halogenated alkanes) is 3. The van der Waals surface area contributed by atoms with Crippen LogP contribution in [0.1, 0.15) is 54.1 Å². The van der Waals surface area contributed by atoms with E-state index in [1.807, 2.05) is 12.2 Å². The Kier molecular flexibility index (Phi) is 3.59. The van der Waals surface area contributed by atoms with Crippen molar-refractivity contribution < 1.29 is 22.6 Å². The molecule has 15 heavy (non-hydrogen) atoms. The van der Waals surface area contributed by atoms with Crippen molar-refractivity contribution >= 4 is 11.9 Å². The van der Waals surface area contributed by atoms with Gasteiger partial charge in [-0.15, -0.1) is 0 Å². The van der Waals surface area contributed by atoms with Crippen molar-refractivity contribution in [1.29, 1.82) is 0 Å². The Morgan fingerprint density at radius 2 is 2.20 bits per heavy atom. The van der Waals surface area contributed by atoms with Crippen LogP contribution >= 0.6 is 0 Å². The molecule has 0 aromatic rings. The van der Waals surface area contributed by atoms with Crippen LogP contribution in [0.3, 0.4) is 0 Å². The summed E-state index contributed by atoms with van der Waals surface area (Å²) in [4.78, 5) is 23.1. The van der Waals surface area contributed by atoms with Gasteiger partial charge in [0.15, 0.2) is 0 Å². The fourth-order valence-electron chi connectivity index (χ4n) is 1.25. The molecule has 0 rings (SSSR count). The minimum atomic E-state index is -2.93. The highest BCUT2D eigenvalue weighted by Gasteiger charge is 2.18. The smallest absolute Gasteiger partial charge is 0.328 e. The number of hydrogen-bond acceptors (Lipinski definition) is 3. The molecule has 4 heteroatoms. The zero-order valence-electron chi connectivity index (χ0n) is 14.8. The first-order valence-corrected chi connectivity index (χ1v) is 5.01. The third kappa shape index (κ3) is 6.94. The lowest BCUT2D eigenvalue weighted by molar-refractivity contribution is -0.145. The van der Waals surface area contributed by atoms with Gasteiger partial charge in [0.2, 0.25) is 5.91 Å². The molecule has 0 aromatic heterocycles. The molecule has 0 radical (unpaired) electrons. The third-order valence-electron chi connectivity index (χ3n) is 2.04. The highest BCUT2D eigenvalue weighted by Crippen LogP contribution is 2.06. The summed E-state index contributed by atoms with van der Waals surface area (Å²) in [5.74, 6) is -2.45. The van der Waals surface area contributed by atoms with E-state index < -0.39 is 31.8 Å². The normalized spacial score (nSPS) is 19.5. The van der Waals surface area contributed by atoms with Gasteiger partial charge in [-0.25, -0.2) is 4.79 Å². The Hall–Kier alpha value is -1.06. The van der Waals surface area contributed by atoms with Crippen LogP contribution in [0.2, 0.25) is 0 Å². The average molecular weight is 221 g/mol. The number of rotatable bonds is 7. The average Bonchev–Trinajstić information content (AvgIpc) is 2.29. The highest BCUT2D eigenvalue weighted by atomic mass is 16.5. The van der Waals surface area contributed by atoms with Gasteiger partial charge in [0, 0.05) is 11.0 Å². The van der Waals surface area contributed by atoms with Crippen LogP contribution in [0, 0.1) is 0 Å². The third-order valence-corrected chi connectivity index (χ3v) is 2.04. The number of carbonyl (C=O) groups is 2. The second kappa shape index (κ2) is 8.26. The maximum atomic E-state index is 11.7. The molecule has 1 atom stereocenters. The van der Waals surface area contributed by atoms with E-state index >= 15 is 0 Å². The minimum absolute atomic E-state index is 0.136. The monoisotopic (exact) mass is 221 g/mol. The van der Waals surface area contributed by atoms with E-state index in [2.05, 4.69) is 4.74 Å². The summed E-state index contributed by atoms with van der Waals surface area (Å²) in [6.45, 7) is -0.904. The molecular formula is C11H21NO3. The van der Waals surface area contributed by atoms with Crippen LogP contribution in [0.15, 0.2) is 0 Å². The Morgan fingerprint density at radius 3 is 2.80 bits per heavy atom. The molecule has 0 fully saturated rings. The Balaban J connectivity index is 4.68. The van der Waals surface area contributed by atoms with Crippen molar-refractivity contribution in [1.82, 2.24) is 5.32 Å². The number of nitrogens with one attached hydrogen (secondary N) is 1. The minimum Gasteiger partial charge on any atom is -0.467 e. The summed E-state index contributed by atoms with van der Waals surface area (Å²) in [5, 5.41) is 2.03. The summed E-state index contributed by atoms with van der Waals surface area (Å²) in [5.41, 5.74) is 0. The number of amides is 1. The second-order valence-corrected chi connectivity index (χ2v) is 3.30. The van der Waals surface area contributed by atoms with E-state index in [-0.39, 0.29) is 6.42 Å². The zero-order chi connectivity index (χ0) is 16.7. The van der Waals surface area contributed by atoms with Crippen molar-refractivity contribution in [2.75, 3.05) is 7.04 Å². The van der Waals surface area contributed by atoms with E-state index in [1.165, 1.54) is 0 Å². The standard InChI is InChI=1S/C11H21NO3/c1-4-5-6-7-8-10(11(14)15-3)12-9(2)13/h10H,4-8H2,1-3H3,(H,12,13)/t10-/m1/s1/i2D3,3D3. The number of ether oxygens (including phenoxy) is 1. The molecule has 0 heterocycles.